The van der Waals surface area contributed by atoms with E-state index in [-0.39, 0.29) is 0 Å². The van der Waals surface area contributed by atoms with Gasteiger partial charge in [0.05, 0.1) is 5.69 Å². The van der Waals surface area contributed by atoms with Gasteiger partial charge in [0, 0.05) is 39.5 Å². The van der Waals surface area contributed by atoms with Gasteiger partial charge < -0.3 is 11.1 Å². The van der Waals surface area contributed by atoms with Crippen LogP contribution in [-0.2, 0) is 0 Å². The molecule has 0 radical (unpaired) electrons. The Bertz CT molecular complexity index is 2520. The maximum Gasteiger partial charge on any atom is 0.0711 e. The molecular formula is C50H39N3. The van der Waals surface area contributed by atoms with Crippen molar-refractivity contribution in [2.45, 2.75) is 6.92 Å². The lowest BCUT2D eigenvalue weighted by Gasteiger charge is -2.18. The molecule has 0 bridgehead atoms. The van der Waals surface area contributed by atoms with Gasteiger partial charge in [0.15, 0.2) is 0 Å². The summed E-state index contributed by atoms with van der Waals surface area (Å²) < 4.78 is 0. The zero-order chi connectivity index (χ0) is 36.0. The van der Waals surface area contributed by atoms with Gasteiger partial charge >= 0.3 is 0 Å². The van der Waals surface area contributed by atoms with Crippen molar-refractivity contribution in [1.29, 1.82) is 0 Å². The third-order valence-electron chi connectivity index (χ3n) is 9.63. The van der Waals surface area contributed by atoms with Gasteiger partial charge in [-0.2, -0.15) is 0 Å². The molecule has 254 valence electrons. The number of para-hydroxylation sites is 2. The van der Waals surface area contributed by atoms with Gasteiger partial charge in [0.2, 0.25) is 0 Å². The van der Waals surface area contributed by atoms with Crippen molar-refractivity contribution in [2.75, 3.05) is 11.1 Å². The van der Waals surface area contributed by atoms with E-state index in [0.717, 1.165) is 84.0 Å². The van der Waals surface area contributed by atoms with E-state index in [9.17, 15) is 0 Å². The number of hydrogen-bond acceptors (Lipinski definition) is 3. The highest BCUT2D eigenvalue weighted by molar-refractivity contribution is 6.02. The first kappa shape index (κ1) is 33.2. The molecule has 0 saturated carbocycles. The summed E-state index contributed by atoms with van der Waals surface area (Å²) >= 11 is 0. The first-order valence-electron chi connectivity index (χ1n) is 17.9. The minimum absolute atomic E-state index is 0.715. The van der Waals surface area contributed by atoms with Crippen LogP contribution < -0.4 is 11.1 Å². The summed E-state index contributed by atoms with van der Waals surface area (Å²) in [5.74, 6) is 0. The van der Waals surface area contributed by atoms with E-state index in [4.69, 9.17) is 10.7 Å². The predicted molar refractivity (Wildman–Crippen MR) is 226 cm³/mol. The molecular weight excluding hydrogens is 643 g/mol. The van der Waals surface area contributed by atoms with Crippen molar-refractivity contribution < 1.29 is 0 Å². The number of nitrogens with zero attached hydrogens (tertiary/aromatic N) is 1. The molecule has 8 aromatic rings. The maximum absolute atomic E-state index is 6.92. The molecule has 0 fully saturated rings. The maximum atomic E-state index is 6.92. The van der Waals surface area contributed by atoms with E-state index < -0.39 is 0 Å². The fourth-order valence-corrected chi connectivity index (χ4v) is 6.87. The Morgan fingerprint density at radius 1 is 0.415 bits per heavy atom. The normalized spacial score (nSPS) is 11.3. The van der Waals surface area contributed by atoms with Crippen molar-refractivity contribution in [3.8, 4) is 55.6 Å². The van der Waals surface area contributed by atoms with E-state index in [1.165, 1.54) is 0 Å². The van der Waals surface area contributed by atoms with Crippen LogP contribution in [0.15, 0.2) is 205 Å². The minimum Gasteiger partial charge on any atom is -0.398 e. The molecule has 0 heterocycles. The largest absolute Gasteiger partial charge is 0.398 e. The fraction of sp³-hybridized carbons (Fsp3) is 0.0200. The van der Waals surface area contributed by atoms with Gasteiger partial charge in [-0.05, 0) is 100.0 Å². The van der Waals surface area contributed by atoms with Crippen molar-refractivity contribution in [2.24, 2.45) is 4.99 Å². The van der Waals surface area contributed by atoms with E-state index in [1.807, 2.05) is 54.6 Å². The second-order valence-corrected chi connectivity index (χ2v) is 13.1. The van der Waals surface area contributed by atoms with Gasteiger partial charge in [0.1, 0.15) is 0 Å². The van der Waals surface area contributed by atoms with Gasteiger partial charge in [-0.1, -0.05) is 152 Å². The Balaban J connectivity index is 1.28. The quantitative estimate of drug-likeness (QED) is 0.118. The average molecular weight is 682 g/mol. The van der Waals surface area contributed by atoms with Crippen LogP contribution >= 0.6 is 0 Å². The number of hydrogen-bond donors (Lipinski definition) is 2. The molecule has 0 aliphatic heterocycles. The Kier molecular flexibility index (Phi) is 9.46. The van der Waals surface area contributed by atoms with Gasteiger partial charge in [-0.15, -0.1) is 0 Å². The SMILES string of the molecule is CC(=Nc1ccccc1-c1ccc(-c2ccccc2)cc1-c1cc(-c2ccc(Nc3ccccc3)c(-c3ccccc3)c2)ccc1N)c1ccccc1. The highest BCUT2D eigenvalue weighted by Crippen LogP contribution is 2.43. The van der Waals surface area contributed by atoms with Crippen LogP contribution in [0.1, 0.15) is 12.5 Å². The molecule has 3 nitrogen and oxygen atoms in total. The van der Waals surface area contributed by atoms with E-state index in [2.05, 4.69) is 158 Å². The van der Waals surface area contributed by atoms with Gasteiger partial charge in [-0.25, -0.2) is 0 Å². The van der Waals surface area contributed by atoms with Crippen molar-refractivity contribution >= 4 is 28.5 Å². The topological polar surface area (TPSA) is 50.4 Å². The monoisotopic (exact) mass is 681 g/mol. The zero-order valence-corrected chi connectivity index (χ0v) is 29.6. The number of anilines is 3. The molecule has 3 N–H and O–H groups in total. The molecule has 0 aromatic heterocycles. The molecule has 8 aromatic carbocycles. The average Bonchev–Trinajstić information content (AvgIpc) is 3.22. The Labute approximate surface area is 311 Å². The standard InChI is InChI=1S/C50H39N3/c1-35(36-16-6-2-7-17-36)52-49-25-15-14-24-44(49)43-29-26-39(37-18-8-3-9-19-37)33-46(43)47-34-40(27-30-48(47)51)41-28-31-50(53-42-22-12-5-13-23-42)45(32-41)38-20-10-4-11-21-38/h2-34,53H,51H2,1H3. The highest BCUT2D eigenvalue weighted by Gasteiger charge is 2.17. The molecule has 3 heteroatoms. The summed E-state index contributed by atoms with van der Waals surface area (Å²) in [5, 5.41) is 3.64. The summed E-state index contributed by atoms with van der Waals surface area (Å²) in [6.07, 6.45) is 0. The van der Waals surface area contributed by atoms with Crippen LogP contribution in [-0.4, -0.2) is 5.71 Å². The van der Waals surface area contributed by atoms with Crippen LogP contribution in [0, 0.1) is 0 Å². The second kappa shape index (κ2) is 15.1. The number of aliphatic imine (C=N–C) groups is 1. The number of nitrogens with two attached hydrogens (primary N) is 1. The van der Waals surface area contributed by atoms with Gasteiger partial charge in [0.25, 0.3) is 0 Å². The van der Waals surface area contributed by atoms with E-state index in [1.54, 1.807) is 0 Å². The molecule has 0 atom stereocenters. The number of rotatable bonds is 9. The molecule has 0 aliphatic carbocycles. The van der Waals surface area contributed by atoms with Crippen molar-refractivity contribution in [1.82, 2.24) is 0 Å². The van der Waals surface area contributed by atoms with Crippen LogP contribution in [0.3, 0.4) is 0 Å². The second-order valence-electron chi connectivity index (χ2n) is 13.1. The molecule has 0 amide bonds. The first-order chi connectivity index (χ1) is 26.1. The summed E-state index contributed by atoms with van der Waals surface area (Å²) in [7, 11) is 0. The number of nitrogen functional groups attached to an aromatic ring is 1. The lowest BCUT2D eigenvalue weighted by molar-refractivity contribution is 1.46. The van der Waals surface area contributed by atoms with Crippen molar-refractivity contribution in [3.63, 3.8) is 0 Å². The third kappa shape index (κ3) is 7.28. The highest BCUT2D eigenvalue weighted by atomic mass is 14.9. The predicted octanol–water partition coefficient (Wildman–Crippen LogP) is 13.5. The molecule has 0 aliphatic rings. The lowest BCUT2D eigenvalue weighted by Crippen LogP contribution is -1.96. The molecule has 0 saturated heterocycles. The third-order valence-corrected chi connectivity index (χ3v) is 9.63. The summed E-state index contributed by atoms with van der Waals surface area (Å²) in [4.78, 5) is 5.16. The Morgan fingerprint density at radius 3 is 1.66 bits per heavy atom. The smallest absolute Gasteiger partial charge is 0.0711 e. The summed E-state index contributed by atoms with van der Waals surface area (Å²) in [5.41, 5.74) is 23.6. The summed E-state index contributed by atoms with van der Waals surface area (Å²) in [6, 6.07) is 69.7. The fourth-order valence-electron chi connectivity index (χ4n) is 6.87. The van der Waals surface area contributed by atoms with Gasteiger partial charge in [-0.3, -0.25) is 4.99 Å². The zero-order valence-electron chi connectivity index (χ0n) is 29.6. The minimum atomic E-state index is 0.715. The molecule has 0 spiro atoms. The van der Waals surface area contributed by atoms with Crippen molar-refractivity contribution in [3.05, 3.63) is 206 Å². The van der Waals surface area contributed by atoms with Crippen LogP contribution in [0.4, 0.5) is 22.7 Å². The number of nitrogens with one attached hydrogen (secondary N) is 1. The van der Waals surface area contributed by atoms with E-state index >= 15 is 0 Å². The van der Waals surface area contributed by atoms with Crippen LogP contribution in [0.5, 0.6) is 0 Å². The molecule has 0 unspecified atom stereocenters. The Morgan fingerprint density at radius 2 is 0.943 bits per heavy atom. The molecule has 8 rings (SSSR count). The van der Waals surface area contributed by atoms with Crippen LogP contribution in [0.2, 0.25) is 0 Å². The lowest BCUT2D eigenvalue weighted by atomic mass is 9.88. The molecule has 53 heavy (non-hydrogen) atoms. The first-order valence-corrected chi connectivity index (χ1v) is 17.9. The van der Waals surface area contributed by atoms with Crippen LogP contribution in [0.25, 0.3) is 55.6 Å². The number of benzene rings is 8. The van der Waals surface area contributed by atoms with E-state index in [0.29, 0.717) is 5.69 Å². The summed E-state index contributed by atoms with van der Waals surface area (Å²) in [6.45, 7) is 2.07. The Hall–Kier alpha value is -6.97.